The number of hydrogen-bond donors (Lipinski definition) is 2. The minimum Gasteiger partial charge on any atom is -0.342 e. The van der Waals surface area contributed by atoms with Gasteiger partial charge in [-0.25, -0.2) is 9.37 Å². The third kappa shape index (κ3) is 4.17. The number of allylic oxidation sites excluding steroid dienone is 2. The molecule has 0 aliphatic heterocycles. The number of halogens is 1. The van der Waals surface area contributed by atoms with E-state index in [1.54, 1.807) is 19.1 Å². The molecule has 2 N–H and O–H groups in total. The van der Waals surface area contributed by atoms with Gasteiger partial charge in [-0.05, 0) is 75.7 Å². The van der Waals surface area contributed by atoms with Gasteiger partial charge in [0.1, 0.15) is 17.3 Å². The number of fused-ring (bicyclic) bond motifs is 1. The van der Waals surface area contributed by atoms with Crippen molar-refractivity contribution in [3.63, 3.8) is 0 Å². The molecule has 3 aromatic rings. The van der Waals surface area contributed by atoms with Crippen molar-refractivity contribution in [2.75, 3.05) is 0 Å². The van der Waals surface area contributed by atoms with Gasteiger partial charge in [-0.1, -0.05) is 39.8 Å². The van der Waals surface area contributed by atoms with Crippen LogP contribution in [0.15, 0.2) is 24.3 Å². The average Bonchev–Trinajstić information content (AvgIpc) is 3.26. The first-order valence-corrected chi connectivity index (χ1v) is 11.8. The zero-order valence-corrected chi connectivity index (χ0v) is 20.7. The highest BCUT2D eigenvalue weighted by Gasteiger charge is 2.28. The van der Waals surface area contributed by atoms with Crippen molar-refractivity contribution in [1.82, 2.24) is 14.5 Å². The van der Waals surface area contributed by atoms with Gasteiger partial charge in [0.25, 0.3) is 0 Å². The predicted octanol–water partition coefficient (Wildman–Crippen LogP) is 8.04. The summed E-state index contributed by atoms with van der Waals surface area (Å²) in [5, 5.41) is 9.01. The van der Waals surface area contributed by atoms with Gasteiger partial charge in [0.2, 0.25) is 0 Å². The van der Waals surface area contributed by atoms with E-state index in [4.69, 9.17) is 10.4 Å². The van der Waals surface area contributed by atoms with Gasteiger partial charge in [-0.3, -0.25) is 0 Å². The van der Waals surface area contributed by atoms with Crippen LogP contribution in [-0.4, -0.2) is 20.2 Å². The molecular formula is C27H37FN4. The van der Waals surface area contributed by atoms with Crippen LogP contribution in [0.4, 0.5) is 4.39 Å². The Morgan fingerprint density at radius 2 is 1.84 bits per heavy atom. The normalized spacial score (nSPS) is 12.7. The van der Waals surface area contributed by atoms with Crippen molar-refractivity contribution in [2.24, 2.45) is 5.92 Å². The number of nitrogens with one attached hydrogen (secondary N) is 2. The molecule has 0 aliphatic rings. The van der Waals surface area contributed by atoms with Crippen molar-refractivity contribution >= 4 is 22.2 Å². The Bertz CT molecular complexity index is 1160. The lowest BCUT2D eigenvalue weighted by molar-refractivity contribution is 0.590. The van der Waals surface area contributed by atoms with Crippen LogP contribution in [0.2, 0.25) is 0 Å². The Labute approximate surface area is 191 Å². The lowest BCUT2D eigenvalue weighted by Gasteiger charge is -2.17. The van der Waals surface area contributed by atoms with Gasteiger partial charge >= 0.3 is 0 Å². The molecule has 4 nitrogen and oxygen atoms in total. The summed E-state index contributed by atoms with van der Waals surface area (Å²) in [6.07, 6.45) is 3.90. The maximum absolute atomic E-state index is 15.1. The lowest BCUT2D eigenvalue weighted by Crippen LogP contribution is -2.06. The van der Waals surface area contributed by atoms with Gasteiger partial charge in [-0.2, -0.15) is 0 Å². The first kappa shape index (κ1) is 24.0. The molecule has 0 atom stereocenters. The van der Waals surface area contributed by atoms with E-state index in [9.17, 15) is 0 Å². The van der Waals surface area contributed by atoms with E-state index in [1.165, 1.54) is 0 Å². The number of aryl methyl sites for hydroxylation is 1. The summed E-state index contributed by atoms with van der Waals surface area (Å²) in [6, 6.07) is 5.43. The minimum absolute atomic E-state index is 0.0781. The van der Waals surface area contributed by atoms with Gasteiger partial charge in [0, 0.05) is 22.8 Å². The maximum Gasteiger partial charge on any atom is 0.147 e. The second-order valence-corrected chi connectivity index (χ2v) is 9.37. The van der Waals surface area contributed by atoms with E-state index in [1.807, 2.05) is 19.1 Å². The fourth-order valence-corrected chi connectivity index (χ4v) is 4.86. The van der Waals surface area contributed by atoms with Gasteiger partial charge in [0.15, 0.2) is 0 Å². The molecule has 3 rings (SSSR count). The Kier molecular flexibility index (Phi) is 7.06. The fourth-order valence-electron chi connectivity index (χ4n) is 4.86. The maximum atomic E-state index is 15.1. The Hall–Kier alpha value is -2.69. The van der Waals surface area contributed by atoms with Crippen molar-refractivity contribution in [2.45, 2.75) is 80.2 Å². The standard InChI is InChI=1S/C27H37FN4/c1-9-19(10-2)21(14-17(7)29)27-30-18(8)24(31-27)26-23(15(3)4)20-12-11-13-22(28)25(20)32(26)16(5)6/h11-16,19,29H,9-10H2,1-8H3,(H,30,31)/b21-14-,29-17?. The molecule has 5 heteroatoms. The summed E-state index contributed by atoms with van der Waals surface area (Å²) < 4.78 is 17.2. The number of para-hydroxylation sites is 1. The molecule has 172 valence electrons. The molecule has 1 aromatic carbocycles. The van der Waals surface area contributed by atoms with Crippen LogP contribution in [0.25, 0.3) is 27.9 Å². The summed E-state index contributed by atoms with van der Waals surface area (Å²) in [5.41, 5.74) is 6.19. The number of rotatable bonds is 8. The molecule has 32 heavy (non-hydrogen) atoms. The van der Waals surface area contributed by atoms with Gasteiger partial charge < -0.3 is 15.0 Å². The monoisotopic (exact) mass is 436 g/mol. The molecule has 0 amide bonds. The van der Waals surface area contributed by atoms with Gasteiger partial charge in [0.05, 0.1) is 11.2 Å². The Morgan fingerprint density at radius 3 is 2.38 bits per heavy atom. The zero-order chi connectivity index (χ0) is 23.7. The SMILES string of the molecule is CCC(CC)/C(=C/C(C)=N)c1nc(-c2c(C(C)C)c3cccc(F)c3n2C(C)C)c(C)[nH]1. The highest BCUT2D eigenvalue weighted by atomic mass is 19.1. The number of aromatic amines is 1. The topological polar surface area (TPSA) is 57.5 Å². The quantitative estimate of drug-likeness (QED) is 0.345. The molecule has 0 saturated carbocycles. The molecule has 0 unspecified atom stereocenters. The summed E-state index contributed by atoms with van der Waals surface area (Å²) >= 11 is 0. The Morgan fingerprint density at radius 1 is 1.19 bits per heavy atom. The molecule has 0 saturated heterocycles. The smallest absolute Gasteiger partial charge is 0.147 e. The molecule has 0 radical (unpaired) electrons. The number of imidazole rings is 1. The van der Waals surface area contributed by atoms with E-state index in [-0.39, 0.29) is 17.8 Å². The summed E-state index contributed by atoms with van der Waals surface area (Å²) in [5.74, 6) is 1.15. The number of aromatic nitrogens is 3. The number of H-pyrrole nitrogens is 1. The predicted molar refractivity (Wildman–Crippen MR) is 134 cm³/mol. The van der Waals surface area contributed by atoms with E-state index in [0.29, 0.717) is 17.1 Å². The second kappa shape index (κ2) is 9.43. The van der Waals surface area contributed by atoms with Crippen molar-refractivity contribution in [3.8, 4) is 11.4 Å². The molecular weight excluding hydrogens is 399 g/mol. The van der Waals surface area contributed by atoms with Crippen LogP contribution < -0.4 is 0 Å². The molecule has 0 aliphatic carbocycles. The third-order valence-corrected chi connectivity index (χ3v) is 6.29. The van der Waals surface area contributed by atoms with Crippen LogP contribution in [0.3, 0.4) is 0 Å². The lowest BCUT2D eigenvalue weighted by atomic mass is 9.92. The Balaban J connectivity index is 2.37. The number of hydrogen-bond acceptors (Lipinski definition) is 2. The molecule has 0 fully saturated rings. The summed E-state index contributed by atoms with van der Waals surface area (Å²) in [6.45, 7) is 16.7. The average molecular weight is 437 g/mol. The van der Waals surface area contributed by atoms with E-state index >= 15 is 4.39 Å². The summed E-state index contributed by atoms with van der Waals surface area (Å²) in [4.78, 5) is 8.60. The molecule has 2 heterocycles. The van der Waals surface area contributed by atoms with Crippen LogP contribution in [0, 0.1) is 24.1 Å². The molecule has 2 aromatic heterocycles. The minimum atomic E-state index is -0.199. The zero-order valence-electron chi connectivity index (χ0n) is 20.7. The van der Waals surface area contributed by atoms with Crippen LogP contribution in [0.5, 0.6) is 0 Å². The number of benzene rings is 1. The van der Waals surface area contributed by atoms with Crippen LogP contribution in [-0.2, 0) is 0 Å². The van der Waals surface area contributed by atoms with Crippen molar-refractivity contribution in [3.05, 3.63) is 47.2 Å². The van der Waals surface area contributed by atoms with E-state index in [2.05, 4.69) is 51.1 Å². The van der Waals surface area contributed by atoms with Crippen LogP contribution >= 0.6 is 0 Å². The van der Waals surface area contributed by atoms with E-state index < -0.39 is 0 Å². The van der Waals surface area contributed by atoms with Crippen molar-refractivity contribution in [1.29, 1.82) is 5.41 Å². The second-order valence-electron chi connectivity index (χ2n) is 9.37. The van der Waals surface area contributed by atoms with Gasteiger partial charge in [-0.15, -0.1) is 0 Å². The summed E-state index contributed by atoms with van der Waals surface area (Å²) in [7, 11) is 0. The first-order chi connectivity index (χ1) is 15.1. The van der Waals surface area contributed by atoms with E-state index in [0.717, 1.165) is 52.3 Å². The molecule has 0 bridgehead atoms. The number of nitrogens with zero attached hydrogens (tertiary/aromatic N) is 2. The first-order valence-electron chi connectivity index (χ1n) is 11.8. The highest BCUT2D eigenvalue weighted by Crippen LogP contribution is 2.42. The third-order valence-electron chi connectivity index (χ3n) is 6.29. The molecule has 0 spiro atoms. The van der Waals surface area contributed by atoms with Crippen LogP contribution in [0.1, 0.15) is 90.3 Å². The van der Waals surface area contributed by atoms with Crippen molar-refractivity contribution < 1.29 is 4.39 Å². The largest absolute Gasteiger partial charge is 0.342 e. The fraction of sp³-hybridized carbons (Fsp3) is 0.481. The highest BCUT2D eigenvalue weighted by molar-refractivity contribution is 5.97.